The van der Waals surface area contributed by atoms with E-state index in [4.69, 9.17) is 10.5 Å². The Bertz CT molecular complexity index is 444. The van der Waals surface area contributed by atoms with E-state index in [-0.39, 0.29) is 24.4 Å². The van der Waals surface area contributed by atoms with E-state index < -0.39 is 0 Å². The Labute approximate surface area is 141 Å². The zero-order valence-electron chi connectivity index (χ0n) is 12.5. The quantitative estimate of drug-likeness (QED) is 0.729. The normalized spacial score (nSPS) is 11.4. The summed E-state index contributed by atoms with van der Waals surface area (Å²) in [5.41, 5.74) is 6.55. The Morgan fingerprint density at radius 1 is 1.48 bits per heavy atom. The Morgan fingerprint density at radius 3 is 2.76 bits per heavy atom. The average molecular weight is 380 g/mol. The lowest BCUT2D eigenvalue weighted by Crippen LogP contribution is -2.40. The maximum Gasteiger partial charge on any atom is 0.224 e. The molecule has 0 fully saturated rings. The monoisotopic (exact) mass is 378 g/mol. The maximum atomic E-state index is 12.1. The van der Waals surface area contributed by atoms with Gasteiger partial charge in [0.25, 0.3) is 0 Å². The lowest BCUT2D eigenvalue weighted by Gasteiger charge is -2.17. The van der Waals surface area contributed by atoms with Crippen LogP contribution in [0.15, 0.2) is 22.7 Å². The SMILES string of the molecule is CCCCC(CN)NC(=O)Cc1cc(Br)ccc1OC.Cl. The van der Waals surface area contributed by atoms with Crippen LogP contribution in [0.2, 0.25) is 0 Å². The molecule has 0 aliphatic rings. The third kappa shape index (κ3) is 7.16. The van der Waals surface area contributed by atoms with Crippen molar-refractivity contribution in [2.75, 3.05) is 13.7 Å². The number of hydrogen-bond acceptors (Lipinski definition) is 3. The Hall–Kier alpha value is -0.780. The first-order valence-corrected chi connectivity index (χ1v) is 7.71. The molecule has 3 N–H and O–H groups in total. The Morgan fingerprint density at radius 2 is 2.19 bits per heavy atom. The van der Waals surface area contributed by atoms with E-state index in [1.807, 2.05) is 18.2 Å². The highest BCUT2D eigenvalue weighted by Crippen LogP contribution is 2.23. The van der Waals surface area contributed by atoms with E-state index in [9.17, 15) is 4.79 Å². The first-order chi connectivity index (χ1) is 9.60. The second-order valence-corrected chi connectivity index (χ2v) is 5.69. The summed E-state index contributed by atoms with van der Waals surface area (Å²) in [5, 5.41) is 2.99. The van der Waals surface area contributed by atoms with Crippen LogP contribution in [0.5, 0.6) is 5.75 Å². The van der Waals surface area contributed by atoms with Crippen LogP contribution in [0.1, 0.15) is 31.7 Å². The summed E-state index contributed by atoms with van der Waals surface area (Å²) in [5.74, 6) is 0.703. The number of methoxy groups -OCH3 is 1. The molecule has 6 heteroatoms. The van der Waals surface area contributed by atoms with E-state index in [2.05, 4.69) is 28.2 Å². The van der Waals surface area contributed by atoms with Crippen LogP contribution in [0, 0.1) is 0 Å². The van der Waals surface area contributed by atoms with Crippen LogP contribution >= 0.6 is 28.3 Å². The van der Waals surface area contributed by atoms with Crippen molar-refractivity contribution in [2.24, 2.45) is 5.73 Å². The summed E-state index contributed by atoms with van der Waals surface area (Å²) in [6, 6.07) is 5.71. The van der Waals surface area contributed by atoms with E-state index in [0.29, 0.717) is 13.0 Å². The van der Waals surface area contributed by atoms with Crippen molar-refractivity contribution >= 4 is 34.2 Å². The topological polar surface area (TPSA) is 64.3 Å². The van der Waals surface area contributed by atoms with Gasteiger partial charge in [-0.2, -0.15) is 0 Å². The van der Waals surface area contributed by atoms with Crippen molar-refractivity contribution in [2.45, 2.75) is 38.6 Å². The molecule has 1 atom stereocenters. The summed E-state index contributed by atoms with van der Waals surface area (Å²) in [4.78, 5) is 12.1. The fourth-order valence-corrected chi connectivity index (χ4v) is 2.44. The largest absolute Gasteiger partial charge is 0.496 e. The van der Waals surface area contributed by atoms with Gasteiger partial charge in [0.05, 0.1) is 13.5 Å². The predicted octanol–water partition coefficient (Wildman–Crippen LogP) is 3.06. The lowest BCUT2D eigenvalue weighted by molar-refractivity contribution is -0.121. The van der Waals surface area contributed by atoms with Crippen molar-refractivity contribution in [3.05, 3.63) is 28.2 Å². The third-order valence-corrected chi connectivity index (χ3v) is 3.64. The van der Waals surface area contributed by atoms with Gasteiger partial charge in [0, 0.05) is 22.6 Å². The van der Waals surface area contributed by atoms with E-state index in [1.54, 1.807) is 7.11 Å². The first kappa shape index (κ1) is 20.2. The molecule has 0 bridgehead atoms. The van der Waals surface area contributed by atoms with Crippen LogP contribution in [0.3, 0.4) is 0 Å². The second-order valence-electron chi connectivity index (χ2n) is 4.78. The molecular formula is C15H24BrClN2O2. The molecule has 0 radical (unpaired) electrons. The Balaban J connectivity index is 0.00000400. The fourth-order valence-electron chi connectivity index (χ4n) is 2.04. The molecule has 1 rings (SSSR count). The smallest absolute Gasteiger partial charge is 0.224 e. The highest BCUT2D eigenvalue weighted by Gasteiger charge is 2.13. The van der Waals surface area contributed by atoms with Crippen LogP contribution < -0.4 is 15.8 Å². The summed E-state index contributed by atoms with van der Waals surface area (Å²) in [6.45, 7) is 2.60. The molecule has 1 aromatic rings. The van der Waals surface area contributed by atoms with Gasteiger partial charge in [0.2, 0.25) is 5.91 Å². The summed E-state index contributed by atoms with van der Waals surface area (Å²) >= 11 is 3.41. The molecule has 1 unspecified atom stereocenters. The minimum absolute atomic E-state index is 0. The zero-order valence-corrected chi connectivity index (χ0v) is 14.9. The van der Waals surface area contributed by atoms with Gasteiger partial charge in [0.15, 0.2) is 0 Å². The number of rotatable bonds is 8. The van der Waals surface area contributed by atoms with Gasteiger partial charge in [-0.1, -0.05) is 35.7 Å². The molecule has 0 aromatic heterocycles. The average Bonchev–Trinajstić information content (AvgIpc) is 2.43. The summed E-state index contributed by atoms with van der Waals surface area (Å²) in [7, 11) is 1.61. The molecule has 0 saturated heterocycles. The zero-order chi connectivity index (χ0) is 15.0. The minimum atomic E-state index is -0.0204. The molecule has 21 heavy (non-hydrogen) atoms. The number of nitrogens with two attached hydrogens (primary N) is 1. The molecule has 0 heterocycles. The number of halogens is 2. The van der Waals surface area contributed by atoms with Gasteiger partial charge in [-0.3, -0.25) is 4.79 Å². The van der Waals surface area contributed by atoms with Gasteiger partial charge < -0.3 is 15.8 Å². The number of carbonyl (C=O) groups excluding carboxylic acids is 1. The van der Waals surface area contributed by atoms with E-state index >= 15 is 0 Å². The number of hydrogen-bond donors (Lipinski definition) is 2. The predicted molar refractivity (Wildman–Crippen MR) is 92.2 cm³/mol. The molecule has 0 saturated carbocycles. The number of amides is 1. The highest BCUT2D eigenvalue weighted by atomic mass is 79.9. The number of benzene rings is 1. The van der Waals surface area contributed by atoms with Crippen molar-refractivity contribution in [3.63, 3.8) is 0 Å². The first-order valence-electron chi connectivity index (χ1n) is 6.92. The number of carbonyl (C=O) groups is 1. The van der Waals surface area contributed by atoms with Crippen LogP contribution in [0.4, 0.5) is 0 Å². The van der Waals surface area contributed by atoms with Gasteiger partial charge >= 0.3 is 0 Å². The van der Waals surface area contributed by atoms with Crippen molar-refractivity contribution < 1.29 is 9.53 Å². The minimum Gasteiger partial charge on any atom is -0.496 e. The van der Waals surface area contributed by atoms with Gasteiger partial charge in [-0.15, -0.1) is 12.4 Å². The Kier molecular flexibility index (Phi) is 10.5. The van der Waals surface area contributed by atoms with Crippen LogP contribution in [-0.2, 0) is 11.2 Å². The van der Waals surface area contributed by atoms with E-state index in [1.165, 1.54) is 0 Å². The molecule has 120 valence electrons. The van der Waals surface area contributed by atoms with Gasteiger partial charge in [-0.05, 0) is 24.6 Å². The third-order valence-electron chi connectivity index (χ3n) is 3.15. The van der Waals surface area contributed by atoms with Crippen LogP contribution in [0.25, 0.3) is 0 Å². The standard InChI is InChI=1S/C15H23BrN2O2.ClH/c1-3-4-5-13(10-17)18-15(19)9-11-8-12(16)6-7-14(11)20-2;/h6-8,13H,3-5,9-10,17H2,1-2H3,(H,18,19);1H. The molecular weight excluding hydrogens is 356 g/mol. The molecule has 0 aliphatic carbocycles. The summed E-state index contributed by atoms with van der Waals surface area (Å²) in [6.07, 6.45) is 3.40. The van der Waals surface area contributed by atoms with Gasteiger partial charge in [-0.25, -0.2) is 0 Å². The van der Waals surface area contributed by atoms with Crippen molar-refractivity contribution in [3.8, 4) is 5.75 Å². The molecule has 4 nitrogen and oxygen atoms in total. The van der Waals surface area contributed by atoms with Crippen LogP contribution in [-0.4, -0.2) is 25.6 Å². The molecule has 0 aliphatic heterocycles. The van der Waals surface area contributed by atoms with Gasteiger partial charge in [0.1, 0.15) is 5.75 Å². The molecule has 1 amide bonds. The van der Waals surface area contributed by atoms with Crippen molar-refractivity contribution in [1.29, 1.82) is 0 Å². The number of unbranched alkanes of at least 4 members (excludes halogenated alkanes) is 1. The molecule has 1 aromatic carbocycles. The van der Waals surface area contributed by atoms with Crippen molar-refractivity contribution in [1.82, 2.24) is 5.32 Å². The number of ether oxygens (including phenoxy) is 1. The maximum absolute atomic E-state index is 12.1. The summed E-state index contributed by atoms with van der Waals surface area (Å²) < 4.78 is 6.20. The second kappa shape index (κ2) is 10.9. The fraction of sp³-hybridized carbons (Fsp3) is 0.533. The highest BCUT2D eigenvalue weighted by molar-refractivity contribution is 9.10. The lowest BCUT2D eigenvalue weighted by atomic mass is 10.1. The molecule has 0 spiro atoms. The van der Waals surface area contributed by atoms with E-state index in [0.717, 1.165) is 35.0 Å². The number of nitrogens with one attached hydrogen (secondary N) is 1.